The van der Waals surface area contributed by atoms with E-state index in [2.05, 4.69) is 5.32 Å². The zero-order valence-electron chi connectivity index (χ0n) is 14.3. The molecule has 1 amide bonds. The molecular weight excluding hydrogens is 345 g/mol. The van der Waals surface area contributed by atoms with Gasteiger partial charge in [0, 0.05) is 6.07 Å². The molecule has 0 aliphatic rings. The highest BCUT2D eigenvalue weighted by Gasteiger charge is 2.12. The number of rotatable bonds is 8. The van der Waals surface area contributed by atoms with Gasteiger partial charge >= 0.3 is 5.97 Å². The quantitative estimate of drug-likeness (QED) is 0.725. The molecule has 0 spiro atoms. The van der Waals surface area contributed by atoms with E-state index < -0.39 is 30.9 Å². The number of carbonyl (C=O) groups excluding carboxylic acids is 2. The van der Waals surface area contributed by atoms with Crippen molar-refractivity contribution < 1.29 is 32.9 Å². The lowest BCUT2D eigenvalue weighted by atomic mass is 10.2. The maximum atomic E-state index is 12.8. The first-order valence-electron chi connectivity index (χ1n) is 7.57. The van der Waals surface area contributed by atoms with E-state index in [1.54, 1.807) is 18.2 Å². The molecule has 1 N–H and O–H groups in total. The molecule has 0 bridgehead atoms. The summed E-state index contributed by atoms with van der Waals surface area (Å²) in [6.45, 7) is -0.883. The number of amides is 1. The Hall–Kier alpha value is -3.29. The molecule has 0 heterocycles. The van der Waals surface area contributed by atoms with Gasteiger partial charge in [-0.2, -0.15) is 0 Å². The molecule has 7 nitrogen and oxygen atoms in total. The molecule has 0 saturated carbocycles. The van der Waals surface area contributed by atoms with Crippen LogP contribution in [0.25, 0.3) is 0 Å². The highest BCUT2D eigenvalue weighted by atomic mass is 19.1. The maximum Gasteiger partial charge on any atom is 0.344 e. The summed E-state index contributed by atoms with van der Waals surface area (Å²) in [5.41, 5.74) is 0.414. The molecule has 2 aromatic carbocycles. The van der Waals surface area contributed by atoms with Crippen molar-refractivity contribution in [1.82, 2.24) is 0 Å². The number of methoxy groups -OCH3 is 2. The minimum Gasteiger partial charge on any atom is -0.497 e. The second-order valence-corrected chi connectivity index (χ2v) is 5.02. The van der Waals surface area contributed by atoms with Crippen LogP contribution in [-0.2, 0) is 14.3 Å². The molecule has 0 aromatic heterocycles. The zero-order chi connectivity index (χ0) is 18.9. The minimum atomic E-state index is -0.730. The molecule has 0 aliphatic heterocycles. The van der Waals surface area contributed by atoms with Gasteiger partial charge in [0.15, 0.2) is 13.2 Å². The molecule has 0 aliphatic carbocycles. The topological polar surface area (TPSA) is 83.1 Å². The number of nitrogens with one attached hydrogen (secondary N) is 1. The van der Waals surface area contributed by atoms with Gasteiger partial charge in [0.25, 0.3) is 5.91 Å². The van der Waals surface area contributed by atoms with Gasteiger partial charge < -0.3 is 24.3 Å². The number of carbonyl (C=O) groups is 2. The monoisotopic (exact) mass is 363 g/mol. The number of ether oxygens (including phenoxy) is 4. The fourth-order valence-corrected chi connectivity index (χ4v) is 1.95. The Labute approximate surface area is 149 Å². The molecule has 2 aromatic rings. The van der Waals surface area contributed by atoms with Crippen molar-refractivity contribution in [2.24, 2.45) is 0 Å². The summed E-state index contributed by atoms with van der Waals surface area (Å²) in [4.78, 5) is 23.5. The predicted octanol–water partition coefficient (Wildman–Crippen LogP) is 2.40. The van der Waals surface area contributed by atoms with E-state index >= 15 is 0 Å². The third-order valence-corrected chi connectivity index (χ3v) is 3.22. The van der Waals surface area contributed by atoms with Gasteiger partial charge in [-0.25, -0.2) is 9.18 Å². The molecule has 138 valence electrons. The van der Waals surface area contributed by atoms with E-state index in [0.29, 0.717) is 22.9 Å². The average molecular weight is 363 g/mol. The van der Waals surface area contributed by atoms with Gasteiger partial charge in [0.05, 0.1) is 19.9 Å². The number of benzene rings is 2. The van der Waals surface area contributed by atoms with Gasteiger partial charge in [0.1, 0.15) is 23.1 Å². The Bertz CT molecular complexity index is 763. The SMILES string of the molecule is COc1ccc(NC(=O)COC(=O)COc2ccc(F)cc2)c(OC)c1. The van der Waals surface area contributed by atoms with Crippen molar-refractivity contribution in [3.8, 4) is 17.2 Å². The van der Waals surface area contributed by atoms with Crippen LogP contribution in [-0.4, -0.2) is 39.3 Å². The fraction of sp³-hybridized carbons (Fsp3) is 0.222. The Morgan fingerprint density at radius 3 is 2.31 bits per heavy atom. The van der Waals surface area contributed by atoms with Crippen LogP contribution >= 0.6 is 0 Å². The van der Waals surface area contributed by atoms with Crippen LogP contribution in [0.2, 0.25) is 0 Å². The summed E-state index contributed by atoms with van der Waals surface area (Å²) in [5, 5.41) is 2.57. The van der Waals surface area contributed by atoms with Crippen LogP contribution in [0, 0.1) is 5.82 Å². The molecule has 0 unspecified atom stereocenters. The lowest BCUT2D eigenvalue weighted by molar-refractivity contribution is -0.149. The molecule has 0 saturated heterocycles. The van der Waals surface area contributed by atoms with Crippen LogP contribution in [0.15, 0.2) is 42.5 Å². The van der Waals surface area contributed by atoms with Crippen LogP contribution < -0.4 is 19.5 Å². The number of hydrogen-bond donors (Lipinski definition) is 1. The van der Waals surface area contributed by atoms with E-state index in [9.17, 15) is 14.0 Å². The average Bonchev–Trinajstić information content (AvgIpc) is 2.66. The summed E-state index contributed by atoms with van der Waals surface area (Å²) in [6, 6.07) is 10.0. The van der Waals surface area contributed by atoms with Crippen LogP contribution in [0.4, 0.5) is 10.1 Å². The Balaban J connectivity index is 1.79. The van der Waals surface area contributed by atoms with Gasteiger partial charge in [-0.05, 0) is 36.4 Å². The fourth-order valence-electron chi connectivity index (χ4n) is 1.95. The van der Waals surface area contributed by atoms with Gasteiger partial charge in [-0.15, -0.1) is 0 Å². The van der Waals surface area contributed by atoms with Crippen molar-refractivity contribution >= 4 is 17.6 Å². The van der Waals surface area contributed by atoms with Crippen LogP contribution in [0.5, 0.6) is 17.2 Å². The number of esters is 1. The lowest BCUT2D eigenvalue weighted by Crippen LogP contribution is -2.23. The normalized spacial score (nSPS) is 9.96. The van der Waals surface area contributed by atoms with Crippen molar-refractivity contribution in [3.05, 3.63) is 48.3 Å². The van der Waals surface area contributed by atoms with E-state index in [-0.39, 0.29) is 0 Å². The molecule has 2 rings (SSSR count). The van der Waals surface area contributed by atoms with Crippen molar-refractivity contribution in [2.45, 2.75) is 0 Å². The van der Waals surface area contributed by atoms with E-state index in [1.165, 1.54) is 38.5 Å². The third-order valence-electron chi connectivity index (χ3n) is 3.22. The molecule has 0 fully saturated rings. The molecular formula is C18H18FNO6. The standard InChI is InChI=1S/C18H18FNO6/c1-23-14-7-8-15(16(9-14)24-2)20-17(21)10-26-18(22)11-25-13-5-3-12(19)4-6-13/h3-9H,10-11H2,1-2H3,(H,20,21). The molecule has 26 heavy (non-hydrogen) atoms. The van der Waals surface area contributed by atoms with E-state index in [4.69, 9.17) is 18.9 Å². The van der Waals surface area contributed by atoms with Crippen molar-refractivity contribution in [2.75, 3.05) is 32.8 Å². The van der Waals surface area contributed by atoms with E-state index in [1.807, 2.05) is 0 Å². The zero-order valence-corrected chi connectivity index (χ0v) is 14.3. The highest BCUT2D eigenvalue weighted by Crippen LogP contribution is 2.28. The molecule has 0 radical (unpaired) electrons. The summed E-state index contributed by atoms with van der Waals surface area (Å²) < 4.78 is 32.9. The van der Waals surface area contributed by atoms with Gasteiger partial charge in [-0.1, -0.05) is 0 Å². The third kappa shape index (κ3) is 5.66. The Kier molecular flexibility index (Phi) is 6.78. The first-order valence-corrected chi connectivity index (χ1v) is 7.57. The first-order chi connectivity index (χ1) is 12.5. The first kappa shape index (κ1) is 19.0. The summed E-state index contributed by atoms with van der Waals surface area (Å²) in [6.07, 6.45) is 0. The van der Waals surface area contributed by atoms with Crippen molar-refractivity contribution in [1.29, 1.82) is 0 Å². The predicted molar refractivity (Wildman–Crippen MR) is 91.0 cm³/mol. The maximum absolute atomic E-state index is 12.8. The van der Waals surface area contributed by atoms with Gasteiger partial charge in [-0.3, -0.25) is 4.79 Å². The van der Waals surface area contributed by atoms with Crippen molar-refractivity contribution in [3.63, 3.8) is 0 Å². The minimum absolute atomic E-state index is 0.316. The summed E-state index contributed by atoms with van der Waals surface area (Å²) in [5.74, 6) is -0.385. The smallest absolute Gasteiger partial charge is 0.344 e. The lowest BCUT2D eigenvalue weighted by Gasteiger charge is -2.12. The molecule has 0 atom stereocenters. The summed E-state index contributed by atoms with van der Waals surface area (Å²) >= 11 is 0. The van der Waals surface area contributed by atoms with Gasteiger partial charge in [0.2, 0.25) is 0 Å². The number of hydrogen-bond acceptors (Lipinski definition) is 6. The Morgan fingerprint density at radius 2 is 1.65 bits per heavy atom. The molecule has 8 heteroatoms. The second kappa shape index (κ2) is 9.26. The van der Waals surface area contributed by atoms with E-state index in [0.717, 1.165) is 0 Å². The Morgan fingerprint density at radius 1 is 0.962 bits per heavy atom. The summed E-state index contributed by atoms with van der Waals surface area (Å²) in [7, 11) is 2.97. The van der Waals surface area contributed by atoms with Crippen LogP contribution in [0.3, 0.4) is 0 Å². The second-order valence-electron chi connectivity index (χ2n) is 5.02. The number of halogens is 1. The highest BCUT2D eigenvalue weighted by molar-refractivity contribution is 5.94. The largest absolute Gasteiger partial charge is 0.497 e. The van der Waals surface area contributed by atoms with Crippen LogP contribution in [0.1, 0.15) is 0 Å². The number of anilines is 1.